The summed E-state index contributed by atoms with van der Waals surface area (Å²) in [7, 11) is 0. The molecule has 0 aromatic carbocycles. The van der Waals surface area contributed by atoms with E-state index in [4.69, 9.17) is 22.9 Å². The predicted molar refractivity (Wildman–Crippen MR) is 291 cm³/mol. The SMILES string of the molecule is CCC(C)CCCCC(=O)NC(CCN)C(=O)NC(C(=O)NC(CO)C(=O)NC1CCNC(=O)C(C(C)O)NC(=O)C(CCN)NC(=O)C(CCN)NC(=O)C(C(C)O)NC(=O)C(CC(C)C)NC(=O)C(CCN)NC1=O)C(C)O. The fourth-order valence-corrected chi connectivity index (χ4v) is 8.20. The van der Waals surface area contributed by atoms with Gasteiger partial charge >= 0.3 is 0 Å². The molecule has 458 valence electrons. The van der Waals surface area contributed by atoms with Gasteiger partial charge in [0.25, 0.3) is 0 Å². The van der Waals surface area contributed by atoms with Gasteiger partial charge in [0.05, 0.1) is 24.9 Å². The Morgan fingerprint density at radius 3 is 1.52 bits per heavy atom. The molecule has 23 N–H and O–H groups in total. The van der Waals surface area contributed by atoms with E-state index < -0.39 is 163 Å². The van der Waals surface area contributed by atoms with E-state index in [2.05, 4.69) is 72.3 Å². The van der Waals surface area contributed by atoms with Crippen LogP contribution in [0.3, 0.4) is 0 Å². The van der Waals surface area contributed by atoms with E-state index in [-0.39, 0.29) is 70.6 Å². The Balaban J connectivity index is 3.75. The van der Waals surface area contributed by atoms with E-state index in [0.29, 0.717) is 12.3 Å². The highest BCUT2D eigenvalue weighted by atomic mass is 16.3. The predicted octanol–water partition coefficient (Wildman–Crippen LogP) is -7.46. The Bertz CT molecular complexity index is 2030. The Morgan fingerprint density at radius 2 is 1.05 bits per heavy atom. The minimum Gasteiger partial charge on any atom is -0.394 e. The number of nitrogens with two attached hydrogens (primary N) is 4. The third-order valence-electron chi connectivity index (χ3n) is 13.1. The van der Waals surface area contributed by atoms with Crippen molar-refractivity contribution in [3.8, 4) is 0 Å². The smallest absolute Gasteiger partial charge is 0.245 e. The highest BCUT2D eigenvalue weighted by Gasteiger charge is 2.38. The van der Waals surface area contributed by atoms with Gasteiger partial charge in [0.2, 0.25) is 65.0 Å². The summed E-state index contributed by atoms with van der Waals surface area (Å²) in [6.45, 7) is 8.81. The van der Waals surface area contributed by atoms with E-state index >= 15 is 0 Å². The second-order valence-corrected chi connectivity index (χ2v) is 20.6. The number of unbranched alkanes of at least 4 members (excludes halogenated alkanes) is 1. The molecule has 0 spiro atoms. The average molecular weight is 1140 g/mol. The molecule has 1 saturated heterocycles. The molecule has 0 aromatic heterocycles. The van der Waals surface area contributed by atoms with E-state index in [1.807, 2.05) is 0 Å². The van der Waals surface area contributed by atoms with Crippen molar-refractivity contribution < 1.29 is 73.2 Å². The van der Waals surface area contributed by atoms with Crippen LogP contribution in [0.15, 0.2) is 0 Å². The lowest BCUT2D eigenvalue weighted by molar-refractivity contribution is -0.137. The second kappa shape index (κ2) is 37.7. The van der Waals surface area contributed by atoms with Crippen molar-refractivity contribution in [2.24, 2.45) is 34.8 Å². The molecule has 0 radical (unpaired) electrons. The van der Waals surface area contributed by atoms with Gasteiger partial charge in [0.15, 0.2) is 0 Å². The van der Waals surface area contributed by atoms with Crippen molar-refractivity contribution in [1.82, 2.24) is 58.5 Å². The average Bonchev–Trinajstić information content (AvgIpc) is 3.38. The van der Waals surface area contributed by atoms with Crippen molar-refractivity contribution in [2.45, 2.75) is 198 Å². The number of rotatable bonds is 27. The molecule has 1 heterocycles. The van der Waals surface area contributed by atoms with Crippen LogP contribution in [0.5, 0.6) is 0 Å². The van der Waals surface area contributed by atoms with Gasteiger partial charge in [0, 0.05) is 13.0 Å². The maximum absolute atomic E-state index is 14.3. The third-order valence-corrected chi connectivity index (χ3v) is 13.1. The van der Waals surface area contributed by atoms with Crippen molar-refractivity contribution >= 4 is 65.0 Å². The number of aliphatic hydroxyl groups is 4. The molecule has 0 bridgehead atoms. The molecule has 1 rings (SSSR count). The molecule has 14 atom stereocenters. The molecular formula is C50H93N15O15. The number of hydrogen-bond donors (Lipinski definition) is 19. The fraction of sp³-hybridized carbons (Fsp3) is 0.780. The fourth-order valence-electron chi connectivity index (χ4n) is 8.20. The van der Waals surface area contributed by atoms with Crippen LogP contribution >= 0.6 is 0 Å². The lowest BCUT2D eigenvalue weighted by Gasteiger charge is -2.29. The summed E-state index contributed by atoms with van der Waals surface area (Å²) in [5.41, 5.74) is 23.1. The van der Waals surface area contributed by atoms with Gasteiger partial charge < -0.3 is 102 Å². The molecule has 0 aromatic rings. The molecular weight excluding hydrogens is 1050 g/mol. The Hall–Kier alpha value is -6.15. The molecule has 14 unspecified atom stereocenters. The van der Waals surface area contributed by atoms with Gasteiger partial charge in [-0.2, -0.15) is 0 Å². The first-order valence-corrected chi connectivity index (χ1v) is 27.5. The van der Waals surface area contributed by atoms with Crippen LogP contribution in [0.25, 0.3) is 0 Å². The summed E-state index contributed by atoms with van der Waals surface area (Å²) in [5.74, 6) is -10.7. The lowest BCUT2D eigenvalue weighted by Crippen LogP contribution is -2.62. The Kier molecular flexibility index (Phi) is 33.9. The zero-order chi connectivity index (χ0) is 60.8. The van der Waals surface area contributed by atoms with Crippen LogP contribution < -0.4 is 81.4 Å². The second-order valence-electron chi connectivity index (χ2n) is 20.6. The van der Waals surface area contributed by atoms with Gasteiger partial charge in [-0.3, -0.25) is 52.7 Å². The largest absolute Gasteiger partial charge is 0.394 e. The Morgan fingerprint density at radius 1 is 0.562 bits per heavy atom. The van der Waals surface area contributed by atoms with Crippen LogP contribution in [-0.4, -0.2) is 203 Å². The molecule has 1 aliphatic rings. The van der Waals surface area contributed by atoms with E-state index in [1.54, 1.807) is 13.8 Å². The van der Waals surface area contributed by atoms with Crippen molar-refractivity contribution in [2.75, 3.05) is 39.3 Å². The summed E-state index contributed by atoms with van der Waals surface area (Å²) in [4.78, 5) is 151. The number of aliphatic hydroxyl groups excluding tert-OH is 4. The number of carbonyl (C=O) groups is 11. The standard InChI is InChI=1S/C50H93N15O15/c1-8-26(4)11-9-10-12-37(70)56-30(13-18-51)44(74)64-40(29(7)69)50(80)62-36(24-66)47(77)59-34-17-22-55-48(78)38(27(5)67)63-45(75)33(16-21-54)58-41(71)32(15-20-53)60-49(79)39(28(6)68)65-46(76)35(23-25(2)3)61-42(72)31(14-19-52)57-43(34)73/h25-36,38-40,66-69H,8-24,51-54H2,1-7H3,(H,55,78)(H,56,70)(H,57,73)(H,58,71)(H,59,77)(H,60,79)(H,61,72)(H,62,80)(H,63,75)(H,64,74)(H,65,76). The molecule has 11 amide bonds. The van der Waals surface area contributed by atoms with Crippen molar-refractivity contribution in [3.63, 3.8) is 0 Å². The summed E-state index contributed by atoms with van der Waals surface area (Å²) in [6.07, 6.45) is -2.77. The number of carbonyl (C=O) groups excluding carboxylic acids is 11. The van der Waals surface area contributed by atoms with Crippen molar-refractivity contribution in [3.05, 3.63) is 0 Å². The minimum atomic E-state index is -1.90. The highest BCUT2D eigenvalue weighted by molar-refractivity contribution is 5.99. The first kappa shape index (κ1) is 71.9. The maximum atomic E-state index is 14.3. The quantitative estimate of drug-likeness (QED) is 0.0340. The minimum absolute atomic E-state index is 0.0458. The van der Waals surface area contributed by atoms with Crippen LogP contribution in [0.1, 0.15) is 119 Å². The number of amides is 11. The van der Waals surface area contributed by atoms with E-state index in [0.717, 1.165) is 33.1 Å². The van der Waals surface area contributed by atoms with Crippen LogP contribution in [0, 0.1) is 11.8 Å². The molecule has 0 aliphatic carbocycles. The van der Waals surface area contributed by atoms with E-state index in [9.17, 15) is 73.2 Å². The van der Waals surface area contributed by atoms with Crippen LogP contribution in [0.4, 0.5) is 0 Å². The maximum Gasteiger partial charge on any atom is 0.245 e. The first-order valence-electron chi connectivity index (χ1n) is 27.5. The molecule has 1 aliphatic heterocycles. The third kappa shape index (κ3) is 25.5. The summed E-state index contributed by atoms with van der Waals surface area (Å²) in [5, 5.41) is 69.0. The lowest BCUT2D eigenvalue weighted by atomic mass is 10.0. The zero-order valence-corrected chi connectivity index (χ0v) is 47.3. The zero-order valence-electron chi connectivity index (χ0n) is 47.3. The molecule has 30 heteroatoms. The highest BCUT2D eigenvalue weighted by Crippen LogP contribution is 2.13. The summed E-state index contributed by atoms with van der Waals surface area (Å²) < 4.78 is 0. The molecule has 1 fully saturated rings. The topological polar surface area (TPSA) is 505 Å². The first-order chi connectivity index (χ1) is 37.7. The molecule has 80 heavy (non-hydrogen) atoms. The van der Waals surface area contributed by atoms with Crippen LogP contribution in [0.2, 0.25) is 0 Å². The van der Waals surface area contributed by atoms with E-state index in [1.165, 1.54) is 6.92 Å². The van der Waals surface area contributed by atoms with Gasteiger partial charge in [-0.25, -0.2) is 0 Å². The van der Waals surface area contributed by atoms with Gasteiger partial charge in [-0.1, -0.05) is 47.0 Å². The van der Waals surface area contributed by atoms with Gasteiger partial charge in [-0.15, -0.1) is 0 Å². The number of nitrogens with one attached hydrogen (secondary N) is 11. The Labute approximate surface area is 467 Å². The summed E-state index contributed by atoms with van der Waals surface area (Å²) in [6, 6.07) is -16.0. The van der Waals surface area contributed by atoms with Gasteiger partial charge in [-0.05, 0) is 104 Å². The number of hydrogen-bond acceptors (Lipinski definition) is 19. The normalized spacial score (nSPS) is 24.1. The molecule has 30 nitrogen and oxygen atoms in total. The van der Waals surface area contributed by atoms with Crippen LogP contribution in [-0.2, 0) is 52.7 Å². The van der Waals surface area contributed by atoms with Gasteiger partial charge in [0.1, 0.15) is 60.4 Å². The van der Waals surface area contributed by atoms with Crippen molar-refractivity contribution in [1.29, 1.82) is 0 Å². The summed E-state index contributed by atoms with van der Waals surface area (Å²) >= 11 is 0. The monoisotopic (exact) mass is 1140 g/mol. The molecule has 0 saturated carbocycles.